The van der Waals surface area contributed by atoms with Crippen molar-refractivity contribution in [2.45, 2.75) is 51.2 Å². The number of hydrogen-bond acceptors (Lipinski definition) is 5. The van der Waals surface area contributed by atoms with E-state index in [0.717, 1.165) is 31.2 Å². The highest BCUT2D eigenvalue weighted by Crippen LogP contribution is 2.37. The Bertz CT molecular complexity index is 860. The molecule has 0 unspecified atom stereocenters. The summed E-state index contributed by atoms with van der Waals surface area (Å²) in [4.78, 5) is 25.0. The van der Waals surface area contributed by atoms with Gasteiger partial charge in [-0.15, -0.1) is 0 Å². The van der Waals surface area contributed by atoms with E-state index in [9.17, 15) is 9.18 Å². The van der Waals surface area contributed by atoms with Crippen molar-refractivity contribution in [3.63, 3.8) is 0 Å². The number of carbonyl (C=O) groups excluding carboxylic acids is 1. The minimum atomic E-state index is -0.422. The number of carbonyl (C=O) groups is 1. The van der Waals surface area contributed by atoms with E-state index in [1.165, 1.54) is 11.0 Å². The zero-order valence-corrected chi connectivity index (χ0v) is 15.2. The first kappa shape index (κ1) is 17.7. The molecule has 1 aromatic carbocycles. The third-order valence-corrected chi connectivity index (χ3v) is 5.42. The van der Waals surface area contributed by atoms with Crippen molar-refractivity contribution < 1.29 is 9.18 Å². The molecule has 142 valence electrons. The van der Waals surface area contributed by atoms with E-state index >= 15 is 0 Å². The molecule has 27 heavy (non-hydrogen) atoms. The quantitative estimate of drug-likeness (QED) is 0.846. The molecule has 2 heterocycles. The van der Waals surface area contributed by atoms with Gasteiger partial charge >= 0.3 is 6.03 Å². The molecule has 8 heteroatoms. The molecule has 1 aliphatic carbocycles. The van der Waals surface area contributed by atoms with Gasteiger partial charge in [0.15, 0.2) is 0 Å². The summed E-state index contributed by atoms with van der Waals surface area (Å²) in [6.07, 6.45) is 4.85. The van der Waals surface area contributed by atoms with Gasteiger partial charge in [-0.05, 0) is 44.2 Å². The highest BCUT2D eigenvalue weighted by Gasteiger charge is 2.39. The molecule has 4 rings (SSSR count). The Morgan fingerprint density at radius 1 is 1.22 bits per heavy atom. The number of fused-ring (bicyclic) bond motifs is 1. The monoisotopic (exact) mass is 370 g/mol. The normalized spacial score (nSPS) is 22.7. The van der Waals surface area contributed by atoms with Gasteiger partial charge in [0.2, 0.25) is 5.95 Å². The van der Waals surface area contributed by atoms with Crippen molar-refractivity contribution in [2.24, 2.45) is 5.73 Å². The van der Waals surface area contributed by atoms with Gasteiger partial charge in [0.1, 0.15) is 11.6 Å². The van der Waals surface area contributed by atoms with Crippen LogP contribution in [0.4, 0.5) is 26.6 Å². The highest BCUT2D eigenvalue weighted by atomic mass is 19.1. The molecule has 1 aliphatic heterocycles. The van der Waals surface area contributed by atoms with Gasteiger partial charge in [-0.1, -0.05) is 12.1 Å². The molecule has 1 saturated carbocycles. The van der Waals surface area contributed by atoms with Crippen LogP contribution in [0.15, 0.2) is 24.4 Å². The summed E-state index contributed by atoms with van der Waals surface area (Å²) in [7, 11) is 0. The van der Waals surface area contributed by atoms with Crippen molar-refractivity contribution >= 4 is 23.5 Å². The first-order chi connectivity index (χ1) is 13.0. The van der Waals surface area contributed by atoms with Gasteiger partial charge in [-0.3, -0.25) is 9.80 Å². The molecule has 0 radical (unpaired) electrons. The van der Waals surface area contributed by atoms with Crippen LogP contribution in [0, 0.1) is 12.7 Å². The van der Waals surface area contributed by atoms with E-state index in [1.54, 1.807) is 30.2 Å². The molecular formula is C19H23FN6O. The topological polar surface area (TPSA) is 101 Å². The number of para-hydroxylation sites is 1. The molecule has 2 amide bonds. The molecule has 7 nitrogen and oxygen atoms in total. The Labute approximate surface area is 157 Å². The fourth-order valence-corrected chi connectivity index (χ4v) is 4.02. The van der Waals surface area contributed by atoms with Crippen LogP contribution in [0.3, 0.4) is 0 Å². The number of anilines is 3. The molecule has 0 bridgehead atoms. The van der Waals surface area contributed by atoms with Gasteiger partial charge < -0.3 is 11.5 Å². The lowest BCUT2D eigenvalue weighted by Gasteiger charge is -2.42. The molecular weight excluding hydrogens is 347 g/mol. The summed E-state index contributed by atoms with van der Waals surface area (Å²) in [5.41, 5.74) is 13.6. The number of nitrogens with two attached hydrogens (primary N) is 2. The van der Waals surface area contributed by atoms with E-state index in [-0.39, 0.29) is 30.6 Å². The zero-order valence-electron chi connectivity index (χ0n) is 15.2. The smallest absolute Gasteiger partial charge is 0.330 e. The Hall–Kier alpha value is -2.74. The van der Waals surface area contributed by atoms with Crippen LogP contribution in [-0.2, 0) is 6.54 Å². The fourth-order valence-electron chi connectivity index (χ4n) is 4.02. The van der Waals surface area contributed by atoms with Crippen molar-refractivity contribution in [1.29, 1.82) is 0 Å². The van der Waals surface area contributed by atoms with Crippen LogP contribution in [0.5, 0.6) is 0 Å². The second-order valence-electron chi connectivity index (χ2n) is 7.29. The molecule has 0 spiro atoms. The average molecular weight is 370 g/mol. The lowest BCUT2D eigenvalue weighted by Crippen LogP contribution is -2.54. The molecule has 4 N–H and O–H groups in total. The van der Waals surface area contributed by atoms with E-state index in [0.29, 0.717) is 17.1 Å². The van der Waals surface area contributed by atoms with Gasteiger partial charge in [0.25, 0.3) is 0 Å². The number of halogens is 1. The van der Waals surface area contributed by atoms with Crippen LogP contribution in [0.2, 0.25) is 0 Å². The summed E-state index contributed by atoms with van der Waals surface area (Å²) >= 11 is 0. The van der Waals surface area contributed by atoms with E-state index < -0.39 is 5.82 Å². The SMILES string of the molecule is Cc1cccc(F)c1N1Cc2cnc(N)nc2N([C@H]2CC[C@H](N)CC2)C1=O. The lowest BCUT2D eigenvalue weighted by atomic mass is 9.90. The maximum absolute atomic E-state index is 14.6. The molecule has 1 fully saturated rings. The van der Waals surface area contributed by atoms with Gasteiger partial charge in [0.05, 0.1) is 12.2 Å². The third kappa shape index (κ3) is 3.10. The number of hydrogen-bond donors (Lipinski definition) is 2. The largest absolute Gasteiger partial charge is 0.368 e. The predicted octanol–water partition coefficient (Wildman–Crippen LogP) is 2.72. The number of aromatic nitrogens is 2. The van der Waals surface area contributed by atoms with Crippen LogP contribution >= 0.6 is 0 Å². The van der Waals surface area contributed by atoms with Crippen LogP contribution < -0.4 is 21.3 Å². The van der Waals surface area contributed by atoms with Crippen molar-refractivity contribution in [1.82, 2.24) is 9.97 Å². The molecule has 1 aromatic heterocycles. The predicted molar refractivity (Wildman–Crippen MR) is 102 cm³/mol. The van der Waals surface area contributed by atoms with Gasteiger partial charge in [0, 0.05) is 23.8 Å². The molecule has 0 saturated heterocycles. The van der Waals surface area contributed by atoms with Crippen LogP contribution in [-0.4, -0.2) is 28.1 Å². The van der Waals surface area contributed by atoms with E-state index in [4.69, 9.17) is 11.5 Å². The number of nitrogen functional groups attached to an aromatic ring is 1. The van der Waals surface area contributed by atoms with Gasteiger partial charge in [-0.2, -0.15) is 4.98 Å². The summed E-state index contributed by atoms with van der Waals surface area (Å²) in [6, 6.07) is 4.63. The Balaban J connectivity index is 1.79. The standard InChI is InChI=1S/C19H23FN6O/c1-11-3-2-4-15(20)16(11)25-10-12-9-23-18(22)24-17(12)26(19(25)27)14-7-5-13(21)6-8-14/h2-4,9,13-14H,5-8,10,21H2,1H3,(H2,22,23,24)/t13-,14-. The number of nitrogens with zero attached hydrogens (tertiary/aromatic N) is 4. The second kappa shape index (κ2) is 6.77. The molecule has 2 aromatic rings. The lowest BCUT2D eigenvalue weighted by molar-refractivity contribution is 0.243. The minimum Gasteiger partial charge on any atom is -0.368 e. The van der Waals surface area contributed by atoms with Crippen molar-refractivity contribution in [3.05, 3.63) is 41.3 Å². The number of rotatable bonds is 2. The average Bonchev–Trinajstić information content (AvgIpc) is 2.63. The Morgan fingerprint density at radius 3 is 2.67 bits per heavy atom. The number of amides is 2. The van der Waals surface area contributed by atoms with E-state index in [2.05, 4.69) is 9.97 Å². The fraction of sp³-hybridized carbons (Fsp3) is 0.421. The maximum Gasteiger partial charge on any atom is 0.330 e. The molecule has 2 aliphatic rings. The summed E-state index contributed by atoms with van der Waals surface area (Å²) < 4.78 is 14.6. The molecule has 0 atom stereocenters. The second-order valence-corrected chi connectivity index (χ2v) is 7.29. The Morgan fingerprint density at radius 2 is 1.96 bits per heavy atom. The summed E-state index contributed by atoms with van der Waals surface area (Å²) in [5.74, 6) is 0.224. The first-order valence-corrected chi connectivity index (χ1v) is 9.18. The Kier molecular flexibility index (Phi) is 4.43. The van der Waals surface area contributed by atoms with Crippen LogP contribution in [0.1, 0.15) is 36.8 Å². The minimum absolute atomic E-state index is 0.0415. The highest BCUT2D eigenvalue weighted by molar-refractivity contribution is 6.06. The third-order valence-electron chi connectivity index (χ3n) is 5.42. The summed E-state index contributed by atoms with van der Waals surface area (Å²) in [5, 5.41) is 0. The zero-order chi connectivity index (χ0) is 19.1. The maximum atomic E-state index is 14.6. The van der Waals surface area contributed by atoms with E-state index in [1.807, 2.05) is 0 Å². The number of benzene rings is 1. The van der Waals surface area contributed by atoms with Crippen LogP contribution in [0.25, 0.3) is 0 Å². The van der Waals surface area contributed by atoms with Gasteiger partial charge in [-0.25, -0.2) is 14.2 Å². The first-order valence-electron chi connectivity index (χ1n) is 9.18. The summed E-state index contributed by atoms with van der Waals surface area (Å²) in [6.45, 7) is 2.00. The number of urea groups is 1. The van der Waals surface area contributed by atoms with Crippen molar-refractivity contribution in [3.8, 4) is 0 Å². The number of aryl methyl sites for hydroxylation is 1. The van der Waals surface area contributed by atoms with Crippen molar-refractivity contribution in [2.75, 3.05) is 15.5 Å².